The summed E-state index contributed by atoms with van der Waals surface area (Å²) < 4.78 is 30.0. The van der Waals surface area contributed by atoms with Crippen molar-refractivity contribution in [3.05, 3.63) is 28.8 Å². The number of benzene rings is 1. The molecule has 2 N–H and O–H groups in total. The Hall–Kier alpha value is -1.11. The molecule has 6 heteroatoms. The predicted molar refractivity (Wildman–Crippen MR) is 56.5 cm³/mol. The third kappa shape index (κ3) is 2.28. The van der Waals surface area contributed by atoms with Gasteiger partial charge in [0, 0.05) is 0 Å². The molecule has 0 unspecified atom stereocenters. The molecule has 0 aliphatic carbocycles. The van der Waals surface area contributed by atoms with Crippen LogP contribution in [0.1, 0.15) is 16.7 Å². The van der Waals surface area contributed by atoms with Gasteiger partial charge in [0.1, 0.15) is 0 Å². The van der Waals surface area contributed by atoms with Gasteiger partial charge in [0.05, 0.1) is 5.69 Å². The van der Waals surface area contributed by atoms with E-state index in [1.54, 1.807) is 13.0 Å². The maximum Gasteiger partial charge on any atom is 0.382 e. The Labute approximate surface area is 88.8 Å². The van der Waals surface area contributed by atoms with E-state index in [2.05, 4.69) is 0 Å². The zero-order valence-electron chi connectivity index (χ0n) is 8.72. The van der Waals surface area contributed by atoms with E-state index >= 15 is 0 Å². The van der Waals surface area contributed by atoms with Crippen LogP contribution >= 0.6 is 0 Å². The number of hydrogen-bond donors (Lipinski definition) is 2. The second-order valence-corrected chi connectivity index (χ2v) is 4.61. The van der Waals surface area contributed by atoms with E-state index in [9.17, 15) is 13.6 Å². The highest BCUT2D eigenvalue weighted by molar-refractivity contribution is 7.87. The Morgan fingerprint density at radius 2 is 1.67 bits per heavy atom. The molecule has 0 spiro atoms. The lowest BCUT2D eigenvalue weighted by Gasteiger charge is -2.17. The molecule has 1 aromatic rings. The third-order valence-corrected chi connectivity index (χ3v) is 3.09. The van der Waals surface area contributed by atoms with Crippen molar-refractivity contribution in [2.75, 3.05) is 4.47 Å². The molecule has 0 aliphatic heterocycles. The van der Waals surface area contributed by atoms with E-state index in [0.717, 1.165) is 11.1 Å². The van der Waals surface area contributed by atoms with Gasteiger partial charge < -0.3 is 0 Å². The Bertz CT molecular complexity index is 481. The average molecular weight is 231 g/mol. The summed E-state index contributed by atoms with van der Waals surface area (Å²) in [6.07, 6.45) is 0. The molecular formula is C9H13NO4S. The lowest BCUT2D eigenvalue weighted by Crippen LogP contribution is -2.27. The lowest BCUT2D eigenvalue weighted by molar-refractivity contribution is 0.296. The zero-order chi connectivity index (χ0) is 11.8. The highest BCUT2D eigenvalue weighted by atomic mass is 32.2. The van der Waals surface area contributed by atoms with Crippen molar-refractivity contribution in [1.29, 1.82) is 0 Å². The molecule has 0 bridgehead atoms. The van der Waals surface area contributed by atoms with Crippen molar-refractivity contribution in [2.45, 2.75) is 20.8 Å². The van der Waals surface area contributed by atoms with Crippen molar-refractivity contribution < 1.29 is 18.2 Å². The molecule has 0 aromatic heterocycles. The highest BCUT2D eigenvalue weighted by Crippen LogP contribution is 2.25. The van der Waals surface area contributed by atoms with Gasteiger partial charge in [0.2, 0.25) is 0 Å². The fourth-order valence-corrected chi connectivity index (χ4v) is 1.72. The summed E-state index contributed by atoms with van der Waals surface area (Å²) in [4.78, 5) is 0. The van der Waals surface area contributed by atoms with Crippen molar-refractivity contribution in [1.82, 2.24) is 0 Å². The van der Waals surface area contributed by atoms with Gasteiger partial charge in [-0.05, 0) is 43.5 Å². The second kappa shape index (κ2) is 3.80. The largest absolute Gasteiger partial charge is 0.382 e. The topological polar surface area (TPSA) is 77.8 Å². The number of anilines is 1. The number of hydrogen-bond acceptors (Lipinski definition) is 3. The van der Waals surface area contributed by atoms with Crippen LogP contribution in [-0.2, 0) is 10.3 Å². The van der Waals surface area contributed by atoms with E-state index in [-0.39, 0.29) is 10.2 Å². The fraction of sp³-hybridized carbons (Fsp3) is 0.333. The molecule has 0 aliphatic rings. The first kappa shape index (κ1) is 12.0. The third-order valence-electron chi connectivity index (χ3n) is 2.45. The first-order valence-corrected chi connectivity index (χ1v) is 5.68. The van der Waals surface area contributed by atoms with Crippen molar-refractivity contribution >= 4 is 16.0 Å². The summed E-state index contributed by atoms with van der Waals surface area (Å²) in [6, 6.07) is 3.11. The molecule has 0 heterocycles. The molecule has 0 saturated carbocycles. The van der Waals surface area contributed by atoms with Crippen LogP contribution in [0.2, 0.25) is 0 Å². The second-order valence-electron chi connectivity index (χ2n) is 3.37. The van der Waals surface area contributed by atoms with Crippen LogP contribution in [0, 0.1) is 20.8 Å². The molecule has 0 saturated heterocycles. The van der Waals surface area contributed by atoms with Crippen LogP contribution in [0.25, 0.3) is 0 Å². The van der Waals surface area contributed by atoms with E-state index < -0.39 is 10.3 Å². The Morgan fingerprint density at radius 1 is 1.13 bits per heavy atom. The van der Waals surface area contributed by atoms with Crippen LogP contribution in [0.5, 0.6) is 0 Å². The summed E-state index contributed by atoms with van der Waals surface area (Å²) in [5, 5.41) is 9.25. The van der Waals surface area contributed by atoms with E-state index in [1.807, 2.05) is 13.8 Å². The van der Waals surface area contributed by atoms with Crippen molar-refractivity contribution in [3.8, 4) is 0 Å². The molecule has 1 rings (SSSR count). The Balaban J connectivity index is 3.35. The molecule has 84 valence electrons. The average Bonchev–Trinajstić information content (AvgIpc) is 2.12. The van der Waals surface area contributed by atoms with Gasteiger partial charge in [-0.2, -0.15) is 8.42 Å². The van der Waals surface area contributed by atoms with Gasteiger partial charge in [-0.1, -0.05) is 6.07 Å². The first-order valence-electron chi connectivity index (χ1n) is 4.28. The quantitative estimate of drug-likeness (QED) is 0.598. The predicted octanol–water partition coefficient (Wildman–Crippen LogP) is 1.61. The Morgan fingerprint density at radius 3 is 2.13 bits per heavy atom. The number of aryl methyl sites for hydroxylation is 1. The fourth-order valence-electron chi connectivity index (χ4n) is 1.27. The van der Waals surface area contributed by atoms with E-state index in [0.29, 0.717) is 5.56 Å². The minimum atomic E-state index is -4.62. The molecule has 0 atom stereocenters. The van der Waals surface area contributed by atoms with E-state index in [4.69, 9.17) is 4.55 Å². The monoisotopic (exact) mass is 231 g/mol. The number of nitrogens with zero attached hydrogens (tertiary/aromatic N) is 1. The smallest absolute Gasteiger partial charge is 0.272 e. The van der Waals surface area contributed by atoms with Crippen LogP contribution in [0.3, 0.4) is 0 Å². The summed E-state index contributed by atoms with van der Waals surface area (Å²) in [5.74, 6) is 0. The first-order chi connectivity index (χ1) is 6.75. The van der Waals surface area contributed by atoms with Gasteiger partial charge in [0.15, 0.2) is 0 Å². The van der Waals surface area contributed by atoms with Gasteiger partial charge in [-0.3, -0.25) is 9.76 Å². The van der Waals surface area contributed by atoms with Crippen LogP contribution in [0.15, 0.2) is 12.1 Å². The summed E-state index contributed by atoms with van der Waals surface area (Å²) in [7, 11) is -4.62. The minimum absolute atomic E-state index is 0.0561. The lowest BCUT2D eigenvalue weighted by atomic mass is 10.0. The highest BCUT2D eigenvalue weighted by Gasteiger charge is 2.19. The molecule has 0 radical (unpaired) electrons. The van der Waals surface area contributed by atoms with Crippen molar-refractivity contribution in [3.63, 3.8) is 0 Å². The standard InChI is InChI=1S/C9H13NO4S/c1-6-4-5-9(8(3)7(6)2)10(11)15(12,13)14/h4-5,11H,1-3H3,(H,12,13,14). The maximum atomic E-state index is 10.7. The number of rotatable bonds is 2. The van der Waals surface area contributed by atoms with Gasteiger partial charge in [-0.25, -0.2) is 0 Å². The molecular weight excluding hydrogens is 218 g/mol. The molecule has 0 amide bonds. The van der Waals surface area contributed by atoms with E-state index in [1.165, 1.54) is 6.07 Å². The van der Waals surface area contributed by atoms with Crippen LogP contribution in [-0.4, -0.2) is 18.2 Å². The van der Waals surface area contributed by atoms with Crippen LogP contribution < -0.4 is 4.47 Å². The minimum Gasteiger partial charge on any atom is -0.272 e. The SMILES string of the molecule is Cc1ccc(N(O)S(=O)(=O)O)c(C)c1C. The maximum absolute atomic E-state index is 10.7. The summed E-state index contributed by atoms with van der Waals surface area (Å²) in [5.41, 5.74) is 2.52. The molecule has 1 aromatic carbocycles. The zero-order valence-corrected chi connectivity index (χ0v) is 9.54. The van der Waals surface area contributed by atoms with Crippen LogP contribution in [0.4, 0.5) is 5.69 Å². The Kier molecular flexibility index (Phi) is 3.03. The van der Waals surface area contributed by atoms with Crippen molar-refractivity contribution in [2.24, 2.45) is 0 Å². The summed E-state index contributed by atoms with van der Waals surface area (Å²) >= 11 is 0. The summed E-state index contributed by atoms with van der Waals surface area (Å²) in [6.45, 7) is 5.36. The molecule has 15 heavy (non-hydrogen) atoms. The van der Waals surface area contributed by atoms with Gasteiger partial charge in [0.25, 0.3) is 0 Å². The van der Waals surface area contributed by atoms with Gasteiger partial charge in [-0.15, -0.1) is 4.47 Å². The molecule has 5 nitrogen and oxygen atoms in total. The normalized spacial score (nSPS) is 11.5. The van der Waals surface area contributed by atoms with Gasteiger partial charge >= 0.3 is 10.3 Å². The molecule has 0 fully saturated rings.